The third-order valence-electron chi connectivity index (χ3n) is 8.46. The summed E-state index contributed by atoms with van der Waals surface area (Å²) in [5.74, 6) is -1.22. The van der Waals surface area contributed by atoms with Gasteiger partial charge in [0.2, 0.25) is 0 Å². The van der Waals surface area contributed by atoms with E-state index in [1.54, 1.807) is 6.07 Å². The number of carbonyl (C=O) groups is 1. The molecule has 6 aromatic rings. The number of unbranched alkanes of at least 4 members (excludes halogenated alkanes) is 3. The van der Waals surface area contributed by atoms with Crippen LogP contribution in [0.4, 0.5) is 17.1 Å². The maximum atomic E-state index is 11.5. The number of benzene rings is 5. The van der Waals surface area contributed by atoms with Gasteiger partial charge in [-0.05, 0) is 89.9 Å². The van der Waals surface area contributed by atoms with Crippen LogP contribution in [0.2, 0.25) is 0 Å². The number of carboxylic acid groups (broad SMARTS) is 1. The van der Waals surface area contributed by atoms with E-state index in [9.17, 15) is 15.2 Å². The number of para-hydroxylation sites is 2. The summed E-state index contributed by atoms with van der Waals surface area (Å²) in [5.41, 5.74) is 8.14. The number of aryl methyl sites for hydroxylation is 1. The molecule has 47 heavy (non-hydrogen) atoms. The Hall–Kier alpha value is -5.86. The van der Waals surface area contributed by atoms with Gasteiger partial charge in [0.1, 0.15) is 11.6 Å². The van der Waals surface area contributed by atoms with E-state index >= 15 is 0 Å². The second-order valence-corrected chi connectivity index (χ2v) is 11.7. The highest BCUT2D eigenvalue weighted by Gasteiger charge is 2.14. The molecule has 0 bridgehead atoms. The van der Waals surface area contributed by atoms with Crippen molar-refractivity contribution < 1.29 is 9.90 Å². The molecule has 5 nitrogen and oxygen atoms in total. The molecule has 0 aliphatic heterocycles. The lowest BCUT2D eigenvalue weighted by Gasteiger charge is -2.25. The van der Waals surface area contributed by atoms with Gasteiger partial charge in [-0.1, -0.05) is 99.0 Å². The summed E-state index contributed by atoms with van der Waals surface area (Å²) in [4.78, 5) is 13.7. The van der Waals surface area contributed by atoms with Gasteiger partial charge < -0.3 is 14.6 Å². The zero-order valence-corrected chi connectivity index (χ0v) is 26.5. The maximum absolute atomic E-state index is 11.5. The normalized spacial score (nSPS) is 11.7. The number of carboxylic acids is 1. The molecule has 0 aliphatic carbocycles. The van der Waals surface area contributed by atoms with E-state index in [0.29, 0.717) is 5.56 Å². The standard InChI is InChI=1S/C42H37N3O2/c1-2-3-4-11-26-44-40-24-20-32(28-38(40)39-29-33(21-25-41(39)44)27-34(30-43)42(46)47)17-16-31-18-22-37(23-19-31)45(35-12-7-5-8-13-35)36-14-9-6-10-15-36/h5-10,12-25,27-29H,2-4,11,26H2,1H3,(H,46,47). The lowest BCUT2D eigenvalue weighted by molar-refractivity contribution is -0.132. The molecule has 0 saturated carbocycles. The third kappa shape index (κ3) is 7.03. The Kier molecular flexibility index (Phi) is 9.60. The smallest absolute Gasteiger partial charge is 0.346 e. The molecule has 0 spiro atoms. The number of rotatable bonds is 12. The second kappa shape index (κ2) is 14.5. The zero-order chi connectivity index (χ0) is 32.6. The minimum absolute atomic E-state index is 0.280. The number of hydrogen-bond donors (Lipinski definition) is 1. The second-order valence-electron chi connectivity index (χ2n) is 11.7. The average Bonchev–Trinajstić information content (AvgIpc) is 3.41. The molecule has 0 aliphatic rings. The van der Waals surface area contributed by atoms with Crippen LogP contribution in [0.3, 0.4) is 0 Å². The fraction of sp³-hybridized carbons (Fsp3) is 0.143. The number of aromatic nitrogens is 1. The first-order valence-corrected chi connectivity index (χ1v) is 16.1. The van der Waals surface area contributed by atoms with E-state index < -0.39 is 5.97 Å². The molecule has 0 unspecified atom stereocenters. The molecule has 6 rings (SSSR count). The molecule has 0 atom stereocenters. The molecule has 5 heteroatoms. The quantitative estimate of drug-likeness (QED) is 0.0643. The van der Waals surface area contributed by atoms with E-state index in [2.05, 4.69) is 120 Å². The molecule has 0 amide bonds. The topological polar surface area (TPSA) is 69.3 Å². The summed E-state index contributed by atoms with van der Waals surface area (Å²) in [5, 5.41) is 20.9. The summed E-state index contributed by atoms with van der Waals surface area (Å²) >= 11 is 0. The van der Waals surface area contributed by atoms with Gasteiger partial charge in [-0.2, -0.15) is 5.26 Å². The van der Waals surface area contributed by atoms with E-state index in [4.69, 9.17) is 0 Å². The molecule has 1 N–H and O–H groups in total. The van der Waals surface area contributed by atoms with Crippen molar-refractivity contribution in [1.29, 1.82) is 5.26 Å². The van der Waals surface area contributed by atoms with Gasteiger partial charge in [0.15, 0.2) is 0 Å². The van der Waals surface area contributed by atoms with Gasteiger partial charge in [-0.3, -0.25) is 0 Å². The molecule has 0 fully saturated rings. The molecule has 1 aromatic heterocycles. The zero-order valence-electron chi connectivity index (χ0n) is 26.5. The number of nitrogens with zero attached hydrogens (tertiary/aromatic N) is 3. The number of aliphatic carboxylic acids is 1. The Bertz CT molecular complexity index is 2060. The molecular formula is C42H37N3O2. The summed E-state index contributed by atoms with van der Waals surface area (Å²) in [7, 11) is 0. The first-order chi connectivity index (χ1) is 23.1. The van der Waals surface area contributed by atoms with Crippen molar-refractivity contribution in [1.82, 2.24) is 4.57 Å². The minimum atomic E-state index is -1.22. The van der Waals surface area contributed by atoms with Crippen molar-refractivity contribution in [2.24, 2.45) is 0 Å². The predicted octanol–water partition coefficient (Wildman–Crippen LogP) is 11.0. The number of nitriles is 1. The lowest BCUT2D eigenvalue weighted by atomic mass is 10.0. The molecule has 232 valence electrons. The van der Waals surface area contributed by atoms with Crippen molar-refractivity contribution in [3.63, 3.8) is 0 Å². The van der Waals surface area contributed by atoms with Gasteiger partial charge in [0, 0.05) is 45.4 Å². The summed E-state index contributed by atoms with van der Waals surface area (Å²) in [6.07, 6.45) is 10.4. The molecule has 1 heterocycles. The Balaban J connectivity index is 1.33. The van der Waals surface area contributed by atoms with E-state index in [1.165, 1.54) is 25.3 Å². The lowest BCUT2D eigenvalue weighted by Crippen LogP contribution is -2.09. The Labute approximate surface area is 275 Å². The number of hydrogen-bond acceptors (Lipinski definition) is 3. The van der Waals surface area contributed by atoms with Gasteiger partial charge in [0.05, 0.1) is 0 Å². The van der Waals surface area contributed by atoms with Crippen molar-refractivity contribution in [2.75, 3.05) is 4.90 Å². The average molecular weight is 616 g/mol. The fourth-order valence-corrected chi connectivity index (χ4v) is 6.11. The summed E-state index contributed by atoms with van der Waals surface area (Å²) < 4.78 is 2.37. The van der Waals surface area contributed by atoms with Crippen molar-refractivity contribution in [3.05, 3.63) is 144 Å². The van der Waals surface area contributed by atoms with Crippen molar-refractivity contribution >= 4 is 63.1 Å². The largest absolute Gasteiger partial charge is 0.477 e. The Morgan fingerprint density at radius 2 is 1.23 bits per heavy atom. The van der Waals surface area contributed by atoms with Crippen LogP contribution in [0.5, 0.6) is 0 Å². The SMILES string of the molecule is CCCCCCn1c2ccc(C=Cc3ccc(N(c4ccccc4)c4ccccc4)cc3)cc2c2cc(C=C(C#N)C(=O)O)ccc21. The molecular weight excluding hydrogens is 578 g/mol. The highest BCUT2D eigenvalue weighted by molar-refractivity contribution is 6.10. The highest BCUT2D eigenvalue weighted by Crippen LogP contribution is 2.35. The summed E-state index contributed by atoms with van der Waals surface area (Å²) in [6, 6.07) is 43.6. The monoisotopic (exact) mass is 615 g/mol. The van der Waals surface area contributed by atoms with E-state index in [-0.39, 0.29) is 5.57 Å². The highest BCUT2D eigenvalue weighted by atomic mass is 16.4. The maximum Gasteiger partial charge on any atom is 0.346 e. The van der Waals surface area contributed by atoms with Crippen LogP contribution in [0.15, 0.2) is 127 Å². The van der Waals surface area contributed by atoms with Gasteiger partial charge in [-0.25, -0.2) is 4.79 Å². The van der Waals surface area contributed by atoms with Crippen LogP contribution < -0.4 is 4.90 Å². The third-order valence-corrected chi connectivity index (χ3v) is 8.46. The molecule has 0 saturated heterocycles. The molecule has 0 radical (unpaired) electrons. The number of anilines is 3. The van der Waals surface area contributed by atoms with E-state index in [0.717, 1.165) is 63.0 Å². The predicted molar refractivity (Wildman–Crippen MR) is 195 cm³/mol. The summed E-state index contributed by atoms with van der Waals surface area (Å²) in [6.45, 7) is 3.13. The van der Waals surface area contributed by atoms with Crippen LogP contribution in [0, 0.1) is 11.3 Å². The van der Waals surface area contributed by atoms with Gasteiger partial charge >= 0.3 is 5.97 Å². The van der Waals surface area contributed by atoms with Crippen LogP contribution in [0.1, 0.15) is 49.3 Å². The fourth-order valence-electron chi connectivity index (χ4n) is 6.11. The van der Waals surface area contributed by atoms with Crippen LogP contribution >= 0.6 is 0 Å². The van der Waals surface area contributed by atoms with Crippen molar-refractivity contribution in [3.8, 4) is 6.07 Å². The Morgan fingerprint density at radius 1 is 0.702 bits per heavy atom. The first kappa shape index (κ1) is 31.1. The van der Waals surface area contributed by atoms with Crippen LogP contribution in [-0.2, 0) is 11.3 Å². The van der Waals surface area contributed by atoms with Crippen molar-refractivity contribution in [2.45, 2.75) is 39.2 Å². The van der Waals surface area contributed by atoms with Gasteiger partial charge in [0.25, 0.3) is 0 Å². The molecule has 5 aromatic carbocycles. The minimum Gasteiger partial charge on any atom is -0.477 e. The van der Waals surface area contributed by atoms with Gasteiger partial charge in [-0.15, -0.1) is 0 Å². The van der Waals surface area contributed by atoms with E-state index in [1.807, 2.05) is 30.3 Å². The first-order valence-electron chi connectivity index (χ1n) is 16.1. The van der Waals surface area contributed by atoms with Crippen LogP contribution in [-0.4, -0.2) is 15.6 Å². The number of fused-ring (bicyclic) bond motifs is 3. The Morgan fingerprint density at radius 3 is 1.81 bits per heavy atom. The van der Waals surface area contributed by atoms with Crippen LogP contribution in [0.25, 0.3) is 40.0 Å².